The third kappa shape index (κ3) is 2.28. The van der Waals surface area contributed by atoms with Gasteiger partial charge in [0.2, 0.25) is 6.23 Å². The Balaban J connectivity index is 1.72. The van der Waals surface area contributed by atoms with E-state index in [1.54, 1.807) is 22.7 Å². The maximum atomic E-state index is 5.68. The number of aromatic nitrogens is 1. The number of thiazole rings is 1. The summed E-state index contributed by atoms with van der Waals surface area (Å²) in [7, 11) is 0. The summed E-state index contributed by atoms with van der Waals surface area (Å²) in [4.78, 5) is 17.7. The summed E-state index contributed by atoms with van der Waals surface area (Å²) in [5.74, 6) is 0.819. The van der Waals surface area contributed by atoms with Crippen LogP contribution < -0.4 is 10.8 Å². The molecule has 2 aliphatic rings. The Hall–Kier alpha value is -1.80. The van der Waals surface area contributed by atoms with Crippen LogP contribution in [0.3, 0.4) is 0 Å². The van der Waals surface area contributed by atoms with Crippen molar-refractivity contribution in [1.82, 2.24) is 15.8 Å². The molecule has 24 heavy (non-hydrogen) atoms. The molecule has 0 spiro atoms. The number of benzene rings is 1. The minimum atomic E-state index is -0.275. The summed E-state index contributed by atoms with van der Waals surface area (Å²) in [5.41, 5.74) is 6.59. The third-order valence-corrected chi connectivity index (χ3v) is 6.63. The van der Waals surface area contributed by atoms with Crippen LogP contribution in [0.2, 0.25) is 0 Å². The molecule has 0 saturated heterocycles. The maximum Gasteiger partial charge on any atom is 0.212 e. The van der Waals surface area contributed by atoms with Crippen molar-refractivity contribution >= 4 is 38.7 Å². The van der Waals surface area contributed by atoms with Gasteiger partial charge in [-0.25, -0.2) is 14.8 Å². The molecule has 1 unspecified atom stereocenters. The van der Waals surface area contributed by atoms with Gasteiger partial charge in [0.25, 0.3) is 0 Å². The van der Waals surface area contributed by atoms with E-state index >= 15 is 0 Å². The molecular formula is C17H16N4OS2. The van der Waals surface area contributed by atoms with Crippen molar-refractivity contribution in [2.45, 2.75) is 26.1 Å². The molecule has 0 fully saturated rings. The van der Waals surface area contributed by atoms with Gasteiger partial charge in [0.05, 0.1) is 15.1 Å². The zero-order valence-corrected chi connectivity index (χ0v) is 14.8. The number of aliphatic imine (C=N–C) groups is 1. The quantitative estimate of drug-likeness (QED) is 0.736. The Labute approximate surface area is 147 Å². The molecule has 5 nitrogen and oxygen atoms in total. The van der Waals surface area contributed by atoms with Crippen molar-refractivity contribution in [3.8, 4) is 10.6 Å². The summed E-state index contributed by atoms with van der Waals surface area (Å²) < 4.78 is 1.22. The van der Waals surface area contributed by atoms with Crippen LogP contribution in [0.4, 0.5) is 0 Å². The second-order valence-corrected chi connectivity index (χ2v) is 8.11. The normalized spacial score (nSPS) is 20.0. The third-order valence-electron chi connectivity index (χ3n) is 4.32. The number of amidine groups is 1. The first-order valence-electron chi connectivity index (χ1n) is 7.97. The molecule has 2 N–H and O–H groups in total. The topological polar surface area (TPSA) is 58.5 Å². The highest BCUT2D eigenvalue weighted by Crippen LogP contribution is 2.45. The van der Waals surface area contributed by atoms with Crippen molar-refractivity contribution < 1.29 is 4.84 Å². The Kier molecular flexibility index (Phi) is 3.41. The first-order chi connectivity index (χ1) is 11.8. The van der Waals surface area contributed by atoms with Gasteiger partial charge in [0.1, 0.15) is 10.8 Å². The van der Waals surface area contributed by atoms with Gasteiger partial charge in [0.15, 0.2) is 0 Å². The lowest BCUT2D eigenvalue weighted by molar-refractivity contribution is 0.0399. The van der Waals surface area contributed by atoms with Crippen LogP contribution >= 0.6 is 22.7 Å². The van der Waals surface area contributed by atoms with E-state index in [4.69, 9.17) is 9.82 Å². The smallest absolute Gasteiger partial charge is 0.212 e. The van der Waals surface area contributed by atoms with Gasteiger partial charge in [-0.1, -0.05) is 12.1 Å². The molecule has 5 rings (SSSR count). The first-order valence-corrected chi connectivity index (χ1v) is 9.60. The number of rotatable bonds is 2. The predicted octanol–water partition coefficient (Wildman–Crippen LogP) is 3.62. The van der Waals surface area contributed by atoms with E-state index in [1.807, 2.05) is 13.0 Å². The van der Waals surface area contributed by atoms with E-state index in [0.717, 1.165) is 40.7 Å². The minimum absolute atomic E-state index is 0.275. The fourth-order valence-corrected chi connectivity index (χ4v) is 5.63. The Morgan fingerprint density at radius 2 is 2.17 bits per heavy atom. The lowest BCUT2D eigenvalue weighted by Crippen LogP contribution is -2.22. The van der Waals surface area contributed by atoms with Crippen molar-refractivity contribution in [2.75, 3.05) is 6.54 Å². The predicted molar refractivity (Wildman–Crippen MR) is 98.4 cm³/mol. The highest BCUT2D eigenvalue weighted by atomic mass is 32.1. The lowest BCUT2D eigenvalue weighted by Gasteiger charge is -2.13. The van der Waals surface area contributed by atoms with Gasteiger partial charge in [-0.15, -0.1) is 22.7 Å². The van der Waals surface area contributed by atoms with E-state index in [9.17, 15) is 0 Å². The summed E-state index contributed by atoms with van der Waals surface area (Å²) in [5, 5.41) is 4.54. The number of hydrogen-bond donors (Lipinski definition) is 2. The molecule has 0 amide bonds. The van der Waals surface area contributed by atoms with Crippen LogP contribution in [0.1, 0.15) is 28.5 Å². The zero-order valence-electron chi connectivity index (χ0n) is 13.1. The molecule has 1 atom stereocenters. The highest BCUT2D eigenvalue weighted by molar-refractivity contribution is 7.22. The Morgan fingerprint density at radius 1 is 1.25 bits per heavy atom. The average molecular weight is 356 g/mol. The maximum absolute atomic E-state index is 5.68. The largest absolute Gasteiger partial charge is 0.312 e. The van der Waals surface area contributed by atoms with Crippen LogP contribution in [-0.2, 0) is 17.8 Å². The second-order valence-electron chi connectivity index (χ2n) is 5.94. The van der Waals surface area contributed by atoms with Crippen LogP contribution in [0.15, 0.2) is 29.3 Å². The molecule has 0 aliphatic carbocycles. The fraction of sp³-hybridized carbons (Fsp3) is 0.294. The van der Waals surface area contributed by atoms with E-state index in [1.165, 1.54) is 20.7 Å². The van der Waals surface area contributed by atoms with E-state index in [-0.39, 0.29) is 6.23 Å². The number of thiophene rings is 1. The van der Waals surface area contributed by atoms with Gasteiger partial charge in [-0.2, -0.15) is 0 Å². The van der Waals surface area contributed by atoms with Crippen LogP contribution in [0.25, 0.3) is 20.8 Å². The van der Waals surface area contributed by atoms with Crippen LogP contribution in [0, 0.1) is 0 Å². The number of nitrogens with one attached hydrogen (secondary N) is 2. The second kappa shape index (κ2) is 5.63. The lowest BCUT2D eigenvalue weighted by atomic mass is 10.0. The van der Waals surface area contributed by atoms with Crippen LogP contribution in [-0.4, -0.2) is 17.4 Å². The van der Waals surface area contributed by atoms with Crippen molar-refractivity contribution in [3.63, 3.8) is 0 Å². The summed E-state index contributed by atoms with van der Waals surface area (Å²) >= 11 is 3.55. The number of para-hydroxylation sites is 1. The van der Waals surface area contributed by atoms with Crippen molar-refractivity contribution in [2.24, 2.45) is 4.99 Å². The first kappa shape index (κ1) is 14.5. The molecule has 0 bridgehead atoms. The number of fused-ring (bicyclic) bond motifs is 2. The molecule has 1 aromatic carbocycles. The summed E-state index contributed by atoms with van der Waals surface area (Å²) in [6, 6.07) is 8.31. The van der Waals surface area contributed by atoms with Gasteiger partial charge in [-0.05, 0) is 37.6 Å². The van der Waals surface area contributed by atoms with Crippen molar-refractivity contribution in [1.29, 1.82) is 0 Å². The van der Waals surface area contributed by atoms with Crippen LogP contribution in [0.5, 0.6) is 0 Å². The van der Waals surface area contributed by atoms with E-state index in [2.05, 4.69) is 34.0 Å². The number of nitrogens with zero attached hydrogens (tertiary/aromatic N) is 2. The van der Waals surface area contributed by atoms with Crippen molar-refractivity contribution in [3.05, 3.63) is 39.6 Å². The highest BCUT2D eigenvalue weighted by Gasteiger charge is 2.30. The SMILES string of the molecule is CC1=NC(c2sc3c(c2-c2nc4ccccc4s2)CCNC3)ON1. The van der Waals surface area contributed by atoms with Gasteiger partial charge < -0.3 is 5.32 Å². The van der Waals surface area contributed by atoms with E-state index in [0.29, 0.717) is 0 Å². The van der Waals surface area contributed by atoms with E-state index < -0.39 is 0 Å². The molecule has 2 aromatic heterocycles. The zero-order chi connectivity index (χ0) is 16.1. The standard InChI is InChI=1S/C17H16N4OS2/c1-9-19-16(22-21-9)15-14(10-6-7-18-8-13(10)23-15)17-20-11-4-2-3-5-12(11)24-17/h2-5,16,18H,6-8H2,1H3,(H,19,21). The molecule has 2 aliphatic heterocycles. The number of hydroxylamine groups is 1. The fourth-order valence-electron chi connectivity index (χ4n) is 3.23. The number of hydrogen-bond acceptors (Lipinski definition) is 7. The Bertz CT molecular complexity index is 926. The minimum Gasteiger partial charge on any atom is -0.312 e. The summed E-state index contributed by atoms with van der Waals surface area (Å²) in [6.07, 6.45) is 0.752. The van der Waals surface area contributed by atoms with Gasteiger partial charge in [-0.3, -0.25) is 5.48 Å². The average Bonchev–Trinajstić information content (AvgIpc) is 3.29. The van der Waals surface area contributed by atoms with Gasteiger partial charge in [0, 0.05) is 17.0 Å². The molecule has 122 valence electrons. The Morgan fingerprint density at radius 3 is 3.00 bits per heavy atom. The molecule has 0 saturated carbocycles. The monoisotopic (exact) mass is 356 g/mol. The molecule has 3 aromatic rings. The molecule has 0 radical (unpaired) electrons. The van der Waals surface area contributed by atoms with Gasteiger partial charge >= 0.3 is 0 Å². The molecular weight excluding hydrogens is 340 g/mol. The molecule has 4 heterocycles. The summed E-state index contributed by atoms with van der Waals surface area (Å²) in [6.45, 7) is 3.85. The molecule has 7 heteroatoms.